The van der Waals surface area contributed by atoms with Crippen molar-refractivity contribution in [2.75, 3.05) is 20.7 Å². The van der Waals surface area contributed by atoms with E-state index in [0.717, 1.165) is 40.4 Å². The lowest BCUT2D eigenvalue weighted by Gasteiger charge is -2.16. The molecule has 0 N–H and O–H groups in total. The SMILES string of the molecule is CCN(C)C=Nc1cc(OC)c(C2CC(c3ccccc3Cl)=NO2)cc1C. The van der Waals surface area contributed by atoms with Crippen LogP contribution in [0.5, 0.6) is 5.75 Å². The Hall–Kier alpha value is -2.53. The van der Waals surface area contributed by atoms with Crippen molar-refractivity contribution < 1.29 is 9.57 Å². The van der Waals surface area contributed by atoms with E-state index in [2.05, 4.69) is 23.1 Å². The van der Waals surface area contributed by atoms with Crippen LogP contribution >= 0.6 is 11.6 Å². The molecule has 5 nitrogen and oxygen atoms in total. The number of ether oxygens (including phenoxy) is 1. The molecule has 2 aromatic carbocycles. The number of rotatable bonds is 6. The second-order valence-electron chi connectivity index (χ2n) is 6.51. The van der Waals surface area contributed by atoms with Crippen molar-refractivity contribution in [1.29, 1.82) is 0 Å². The summed E-state index contributed by atoms with van der Waals surface area (Å²) in [5, 5.41) is 4.94. The number of nitrogens with zero attached hydrogens (tertiary/aromatic N) is 3. The van der Waals surface area contributed by atoms with Crippen LogP contribution in [0.25, 0.3) is 0 Å². The highest BCUT2D eigenvalue weighted by atomic mass is 35.5. The Kier molecular flexibility index (Phi) is 6.01. The van der Waals surface area contributed by atoms with Gasteiger partial charge in [0.2, 0.25) is 0 Å². The van der Waals surface area contributed by atoms with Gasteiger partial charge < -0.3 is 14.5 Å². The third kappa shape index (κ3) is 4.25. The van der Waals surface area contributed by atoms with Crippen LogP contribution in [0, 0.1) is 6.92 Å². The molecule has 1 aliphatic heterocycles. The first-order chi connectivity index (χ1) is 13.0. The van der Waals surface area contributed by atoms with Gasteiger partial charge in [0.25, 0.3) is 0 Å². The minimum Gasteiger partial charge on any atom is -0.496 e. The van der Waals surface area contributed by atoms with Gasteiger partial charge in [0.05, 0.1) is 24.8 Å². The van der Waals surface area contributed by atoms with Gasteiger partial charge in [-0.1, -0.05) is 35.0 Å². The first kappa shape index (κ1) is 19.2. The molecule has 1 aliphatic rings. The summed E-state index contributed by atoms with van der Waals surface area (Å²) in [7, 11) is 3.65. The average molecular weight is 386 g/mol. The largest absolute Gasteiger partial charge is 0.496 e. The van der Waals surface area contributed by atoms with Crippen LogP contribution in [0.2, 0.25) is 5.02 Å². The number of aliphatic imine (C=N–C) groups is 1. The minimum atomic E-state index is -0.207. The standard InChI is InChI=1S/C21H24ClN3O2/c1-5-25(3)13-23-18-11-20(26-4)16(10-14(18)2)21-12-19(24-27-21)15-8-6-7-9-17(15)22/h6-11,13,21H,5,12H2,1-4H3. The predicted octanol–water partition coefficient (Wildman–Crippen LogP) is 5.13. The van der Waals surface area contributed by atoms with E-state index in [4.69, 9.17) is 21.2 Å². The summed E-state index contributed by atoms with van der Waals surface area (Å²) >= 11 is 6.29. The lowest BCUT2D eigenvalue weighted by Crippen LogP contribution is -2.14. The lowest BCUT2D eigenvalue weighted by atomic mass is 9.97. The van der Waals surface area contributed by atoms with Crippen LogP contribution in [-0.4, -0.2) is 37.7 Å². The summed E-state index contributed by atoms with van der Waals surface area (Å²) in [4.78, 5) is 12.3. The van der Waals surface area contributed by atoms with Crippen molar-refractivity contribution in [2.45, 2.75) is 26.4 Å². The zero-order valence-corrected chi connectivity index (χ0v) is 16.8. The quantitative estimate of drug-likeness (QED) is 0.511. The number of methoxy groups -OCH3 is 1. The van der Waals surface area contributed by atoms with E-state index in [1.54, 1.807) is 7.11 Å². The van der Waals surface area contributed by atoms with E-state index in [9.17, 15) is 0 Å². The Morgan fingerprint density at radius 3 is 2.85 bits per heavy atom. The molecule has 0 fully saturated rings. The van der Waals surface area contributed by atoms with Crippen molar-refractivity contribution in [3.05, 3.63) is 58.1 Å². The maximum atomic E-state index is 6.29. The number of halogens is 1. The van der Waals surface area contributed by atoms with Gasteiger partial charge in [0.1, 0.15) is 5.75 Å². The third-order valence-electron chi connectivity index (χ3n) is 4.64. The van der Waals surface area contributed by atoms with Crippen molar-refractivity contribution in [3.63, 3.8) is 0 Å². The fourth-order valence-corrected chi connectivity index (χ4v) is 3.15. The molecule has 1 atom stereocenters. The normalized spacial score (nSPS) is 16.3. The van der Waals surface area contributed by atoms with Gasteiger partial charge in [0, 0.05) is 42.2 Å². The number of benzene rings is 2. The van der Waals surface area contributed by atoms with Crippen LogP contribution in [0.3, 0.4) is 0 Å². The van der Waals surface area contributed by atoms with Crippen molar-refractivity contribution in [1.82, 2.24) is 4.90 Å². The van der Waals surface area contributed by atoms with Gasteiger partial charge >= 0.3 is 0 Å². The highest BCUT2D eigenvalue weighted by Crippen LogP contribution is 2.39. The van der Waals surface area contributed by atoms with E-state index < -0.39 is 0 Å². The fraction of sp³-hybridized carbons (Fsp3) is 0.333. The summed E-state index contributed by atoms with van der Waals surface area (Å²) in [5.41, 5.74) is 4.64. The van der Waals surface area contributed by atoms with Crippen LogP contribution < -0.4 is 4.74 Å². The Morgan fingerprint density at radius 1 is 1.37 bits per heavy atom. The molecule has 0 saturated heterocycles. The Bertz CT molecular complexity index is 880. The molecule has 6 heteroatoms. The number of oxime groups is 1. The van der Waals surface area contributed by atoms with Crippen molar-refractivity contribution in [3.8, 4) is 5.75 Å². The highest BCUT2D eigenvalue weighted by molar-refractivity contribution is 6.34. The molecule has 0 aromatic heterocycles. The summed E-state index contributed by atoms with van der Waals surface area (Å²) in [6.45, 7) is 5.01. The highest BCUT2D eigenvalue weighted by Gasteiger charge is 2.28. The predicted molar refractivity (Wildman–Crippen MR) is 111 cm³/mol. The van der Waals surface area contributed by atoms with Crippen LogP contribution in [0.1, 0.15) is 36.1 Å². The molecule has 2 aromatic rings. The van der Waals surface area contributed by atoms with Gasteiger partial charge in [0.15, 0.2) is 6.10 Å². The fourth-order valence-electron chi connectivity index (χ4n) is 2.91. The molecule has 1 heterocycles. The maximum absolute atomic E-state index is 6.29. The Morgan fingerprint density at radius 2 is 2.15 bits per heavy atom. The molecule has 1 unspecified atom stereocenters. The summed E-state index contributed by atoms with van der Waals surface area (Å²) in [6.07, 6.45) is 2.26. The van der Waals surface area contributed by atoms with E-state index in [0.29, 0.717) is 11.4 Å². The Balaban J connectivity index is 1.85. The van der Waals surface area contributed by atoms with Gasteiger partial charge in [-0.25, -0.2) is 4.99 Å². The number of hydrogen-bond donors (Lipinski definition) is 0. The molecular formula is C21H24ClN3O2. The minimum absolute atomic E-state index is 0.207. The molecule has 0 spiro atoms. The number of aryl methyl sites for hydroxylation is 1. The van der Waals surface area contributed by atoms with Gasteiger partial charge in [-0.2, -0.15) is 0 Å². The zero-order valence-electron chi connectivity index (χ0n) is 16.1. The topological polar surface area (TPSA) is 46.4 Å². The molecule has 0 radical (unpaired) electrons. The zero-order chi connectivity index (χ0) is 19.4. The van der Waals surface area contributed by atoms with Gasteiger partial charge in [-0.3, -0.25) is 0 Å². The summed E-state index contributed by atoms with van der Waals surface area (Å²) in [5.74, 6) is 0.743. The van der Waals surface area contributed by atoms with Crippen LogP contribution in [0.4, 0.5) is 5.69 Å². The van der Waals surface area contributed by atoms with Gasteiger partial charge in [-0.15, -0.1) is 0 Å². The van der Waals surface area contributed by atoms with Gasteiger partial charge in [-0.05, 0) is 31.5 Å². The molecule has 142 valence electrons. The molecule has 3 rings (SSSR count). The van der Waals surface area contributed by atoms with Crippen LogP contribution in [-0.2, 0) is 4.84 Å². The van der Waals surface area contributed by atoms with Crippen LogP contribution in [0.15, 0.2) is 46.5 Å². The second-order valence-corrected chi connectivity index (χ2v) is 6.92. The first-order valence-corrected chi connectivity index (χ1v) is 9.31. The van der Waals surface area contributed by atoms with Crippen molar-refractivity contribution >= 4 is 29.3 Å². The van der Waals surface area contributed by atoms with E-state index >= 15 is 0 Å². The third-order valence-corrected chi connectivity index (χ3v) is 4.97. The number of hydrogen-bond acceptors (Lipinski definition) is 4. The molecular weight excluding hydrogens is 362 g/mol. The average Bonchev–Trinajstić information content (AvgIpc) is 3.16. The molecule has 0 bridgehead atoms. The second kappa shape index (κ2) is 8.44. The monoisotopic (exact) mass is 385 g/mol. The van der Waals surface area contributed by atoms with E-state index in [1.807, 2.05) is 55.5 Å². The molecule has 0 saturated carbocycles. The molecule has 27 heavy (non-hydrogen) atoms. The smallest absolute Gasteiger partial charge is 0.161 e. The van der Waals surface area contributed by atoms with E-state index in [1.165, 1.54) is 0 Å². The Labute approximate surface area is 165 Å². The van der Waals surface area contributed by atoms with Crippen molar-refractivity contribution in [2.24, 2.45) is 10.1 Å². The summed E-state index contributed by atoms with van der Waals surface area (Å²) < 4.78 is 5.61. The maximum Gasteiger partial charge on any atom is 0.161 e. The molecule has 0 amide bonds. The van der Waals surface area contributed by atoms with E-state index in [-0.39, 0.29) is 6.10 Å². The lowest BCUT2D eigenvalue weighted by molar-refractivity contribution is 0.0836. The molecule has 0 aliphatic carbocycles. The summed E-state index contributed by atoms with van der Waals surface area (Å²) in [6, 6.07) is 11.7. The first-order valence-electron chi connectivity index (χ1n) is 8.94.